The lowest BCUT2D eigenvalue weighted by Crippen LogP contribution is -1.96. The molecule has 0 aliphatic heterocycles. The molecule has 2 aromatic carbocycles. The molecule has 1 aromatic heterocycles. The third-order valence-electron chi connectivity index (χ3n) is 3.56. The van der Waals surface area contributed by atoms with E-state index < -0.39 is 0 Å². The average Bonchev–Trinajstić information content (AvgIpc) is 2.55. The van der Waals surface area contributed by atoms with Crippen molar-refractivity contribution in [3.05, 3.63) is 53.2 Å². The van der Waals surface area contributed by atoms with Gasteiger partial charge in [-0.25, -0.2) is 0 Å². The summed E-state index contributed by atoms with van der Waals surface area (Å²) in [5.74, 6) is 1.36. The molecule has 23 heavy (non-hydrogen) atoms. The van der Waals surface area contributed by atoms with Gasteiger partial charge in [-0.05, 0) is 43.3 Å². The summed E-state index contributed by atoms with van der Waals surface area (Å²) in [5, 5.41) is 5.06. The molecule has 0 saturated carbocycles. The zero-order valence-electron chi connectivity index (χ0n) is 13.2. The highest BCUT2D eigenvalue weighted by Gasteiger charge is 2.08. The Labute approximate surface area is 140 Å². The van der Waals surface area contributed by atoms with Gasteiger partial charge in [0.2, 0.25) is 0 Å². The zero-order chi connectivity index (χ0) is 16.4. The molecule has 0 bridgehead atoms. The van der Waals surface area contributed by atoms with Crippen molar-refractivity contribution in [2.45, 2.75) is 6.92 Å². The number of anilines is 2. The van der Waals surface area contributed by atoms with Crippen LogP contribution in [0, 0.1) is 6.92 Å². The summed E-state index contributed by atoms with van der Waals surface area (Å²) in [6.45, 7) is 1.97. The van der Waals surface area contributed by atoms with Gasteiger partial charge < -0.3 is 14.8 Å². The summed E-state index contributed by atoms with van der Waals surface area (Å²) >= 11 is 6.13. The summed E-state index contributed by atoms with van der Waals surface area (Å²) in [6, 6.07) is 13.4. The van der Waals surface area contributed by atoms with Crippen LogP contribution in [0.2, 0.25) is 5.02 Å². The third-order valence-corrected chi connectivity index (χ3v) is 3.80. The lowest BCUT2D eigenvalue weighted by molar-refractivity contribution is 0.355. The van der Waals surface area contributed by atoms with Crippen molar-refractivity contribution in [2.75, 3.05) is 19.5 Å². The van der Waals surface area contributed by atoms with E-state index in [9.17, 15) is 0 Å². The summed E-state index contributed by atoms with van der Waals surface area (Å²) in [6.07, 6.45) is 0. The number of methoxy groups -OCH3 is 2. The van der Waals surface area contributed by atoms with E-state index in [0.717, 1.165) is 28.0 Å². The van der Waals surface area contributed by atoms with E-state index >= 15 is 0 Å². The van der Waals surface area contributed by atoms with Gasteiger partial charge in [0.25, 0.3) is 0 Å². The zero-order valence-corrected chi connectivity index (χ0v) is 13.9. The molecule has 0 spiro atoms. The number of benzene rings is 2. The van der Waals surface area contributed by atoms with Crippen LogP contribution in [0.15, 0.2) is 42.5 Å². The van der Waals surface area contributed by atoms with Gasteiger partial charge in [-0.2, -0.15) is 0 Å². The number of fused-ring (bicyclic) bond motifs is 1. The van der Waals surface area contributed by atoms with Crippen LogP contribution in [-0.4, -0.2) is 19.2 Å². The Hall–Kier alpha value is -2.46. The molecule has 118 valence electrons. The Bertz CT molecular complexity index is 865. The number of nitrogens with one attached hydrogen (secondary N) is 1. The molecule has 3 aromatic rings. The topological polar surface area (TPSA) is 43.4 Å². The van der Waals surface area contributed by atoms with Crippen LogP contribution >= 0.6 is 11.6 Å². The number of halogens is 1. The summed E-state index contributed by atoms with van der Waals surface area (Å²) < 4.78 is 10.6. The number of ether oxygens (including phenoxy) is 2. The second-order valence-electron chi connectivity index (χ2n) is 5.17. The smallest absolute Gasteiger partial charge is 0.162 e. The fourth-order valence-corrected chi connectivity index (χ4v) is 2.68. The van der Waals surface area contributed by atoms with Crippen molar-refractivity contribution in [3.63, 3.8) is 0 Å². The Balaban J connectivity index is 2.06. The molecular formula is C18H17ClN2O2. The van der Waals surface area contributed by atoms with Crippen molar-refractivity contribution in [1.29, 1.82) is 0 Å². The molecule has 0 radical (unpaired) electrons. The van der Waals surface area contributed by atoms with Gasteiger partial charge in [0, 0.05) is 33.5 Å². The van der Waals surface area contributed by atoms with Crippen LogP contribution in [0.25, 0.3) is 10.9 Å². The summed E-state index contributed by atoms with van der Waals surface area (Å²) in [5.41, 5.74) is 3.68. The minimum absolute atomic E-state index is 0.672. The van der Waals surface area contributed by atoms with Crippen LogP contribution < -0.4 is 14.8 Å². The number of hydrogen-bond acceptors (Lipinski definition) is 4. The third kappa shape index (κ3) is 3.17. The molecule has 3 rings (SSSR count). The molecule has 0 fully saturated rings. The molecule has 0 unspecified atom stereocenters. The number of nitrogens with zero attached hydrogens (tertiary/aromatic N) is 1. The van der Waals surface area contributed by atoms with Crippen molar-refractivity contribution in [3.8, 4) is 11.5 Å². The Morgan fingerprint density at radius 1 is 0.957 bits per heavy atom. The lowest BCUT2D eigenvalue weighted by atomic mass is 10.1. The molecule has 0 amide bonds. The monoisotopic (exact) mass is 328 g/mol. The molecule has 0 aliphatic rings. The number of aromatic nitrogens is 1. The number of rotatable bonds is 4. The van der Waals surface area contributed by atoms with E-state index in [1.54, 1.807) is 14.2 Å². The van der Waals surface area contributed by atoms with Crippen molar-refractivity contribution < 1.29 is 9.47 Å². The van der Waals surface area contributed by atoms with Gasteiger partial charge >= 0.3 is 0 Å². The standard InChI is InChI=1S/C18H17ClN2O2/c1-11-8-16(14-9-12(19)4-6-15(14)20-11)21-13-5-7-17(22-2)18(10-13)23-3/h4-10H,1-3H3,(H,20,21). The first-order chi connectivity index (χ1) is 11.1. The molecule has 0 saturated heterocycles. The molecule has 5 heteroatoms. The summed E-state index contributed by atoms with van der Waals surface area (Å²) in [7, 11) is 3.24. The van der Waals surface area contributed by atoms with Crippen molar-refractivity contribution in [1.82, 2.24) is 4.98 Å². The first-order valence-electron chi connectivity index (χ1n) is 7.16. The number of aryl methyl sites for hydroxylation is 1. The van der Waals surface area contributed by atoms with Crippen LogP contribution in [0.3, 0.4) is 0 Å². The minimum atomic E-state index is 0.672. The Morgan fingerprint density at radius 3 is 2.48 bits per heavy atom. The van der Waals surface area contributed by atoms with Gasteiger partial charge in [-0.3, -0.25) is 4.98 Å². The van der Waals surface area contributed by atoms with Crippen LogP contribution in [0.1, 0.15) is 5.69 Å². The molecule has 0 aliphatic carbocycles. The van der Waals surface area contributed by atoms with Gasteiger partial charge in [-0.1, -0.05) is 11.6 Å². The normalized spacial score (nSPS) is 10.6. The maximum Gasteiger partial charge on any atom is 0.162 e. The van der Waals surface area contributed by atoms with E-state index in [4.69, 9.17) is 21.1 Å². The van der Waals surface area contributed by atoms with Crippen molar-refractivity contribution >= 4 is 33.9 Å². The number of hydrogen-bond donors (Lipinski definition) is 1. The fourth-order valence-electron chi connectivity index (χ4n) is 2.50. The average molecular weight is 329 g/mol. The predicted molar refractivity (Wildman–Crippen MR) is 94.3 cm³/mol. The minimum Gasteiger partial charge on any atom is -0.493 e. The van der Waals surface area contributed by atoms with Gasteiger partial charge in [0.15, 0.2) is 11.5 Å². The van der Waals surface area contributed by atoms with E-state index in [2.05, 4.69) is 10.3 Å². The number of pyridine rings is 1. The van der Waals surface area contributed by atoms with Crippen LogP contribution in [0.5, 0.6) is 11.5 Å². The van der Waals surface area contributed by atoms with Gasteiger partial charge in [0.1, 0.15) is 0 Å². The Morgan fingerprint density at radius 2 is 1.74 bits per heavy atom. The van der Waals surface area contributed by atoms with Gasteiger partial charge in [0.05, 0.1) is 19.7 Å². The van der Waals surface area contributed by atoms with Crippen LogP contribution in [0.4, 0.5) is 11.4 Å². The second-order valence-corrected chi connectivity index (χ2v) is 5.60. The van der Waals surface area contributed by atoms with Crippen molar-refractivity contribution in [2.24, 2.45) is 0 Å². The van der Waals surface area contributed by atoms with E-state index in [1.165, 1.54) is 0 Å². The highest BCUT2D eigenvalue weighted by Crippen LogP contribution is 2.33. The first-order valence-corrected chi connectivity index (χ1v) is 7.54. The largest absolute Gasteiger partial charge is 0.493 e. The summed E-state index contributed by atoms with van der Waals surface area (Å²) in [4.78, 5) is 4.54. The quantitative estimate of drug-likeness (QED) is 0.735. The van der Waals surface area contributed by atoms with E-state index in [-0.39, 0.29) is 0 Å². The van der Waals surface area contributed by atoms with E-state index in [0.29, 0.717) is 16.5 Å². The van der Waals surface area contributed by atoms with Gasteiger partial charge in [-0.15, -0.1) is 0 Å². The second kappa shape index (κ2) is 6.34. The molecule has 4 nitrogen and oxygen atoms in total. The molecule has 1 heterocycles. The fraction of sp³-hybridized carbons (Fsp3) is 0.167. The highest BCUT2D eigenvalue weighted by molar-refractivity contribution is 6.31. The molecular weight excluding hydrogens is 312 g/mol. The molecule has 0 atom stereocenters. The highest BCUT2D eigenvalue weighted by atomic mass is 35.5. The molecule has 1 N–H and O–H groups in total. The lowest BCUT2D eigenvalue weighted by Gasteiger charge is -2.13. The van der Waals surface area contributed by atoms with Crippen LogP contribution in [-0.2, 0) is 0 Å². The van der Waals surface area contributed by atoms with E-state index in [1.807, 2.05) is 49.4 Å². The predicted octanol–water partition coefficient (Wildman–Crippen LogP) is 4.96. The maximum atomic E-state index is 6.13. The SMILES string of the molecule is COc1ccc(Nc2cc(C)nc3ccc(Cl)cc23)cc1OC. The first kappa shape index (κ1) is 15.4. The maximum absolute atomic E-state index is 6.13. The Kier molecular flexibility index (Phi) is 4.26.